The van der Waals surface area contributed by atoms with Crippen molar-refractivity contribution in [3.05, 3.63) is 35.1 Å². The largest absolute Gasteiger partial charge is 0.409 e. The standard InChI is InChI=1S/C15H22FN3OS/c1-21-15(7-2-3-8-15)10-18-9-11-5-4-6-12(13(11)16)14(17)19-20/h4-6,18,20H,2-3,7-10H2,1H3,(H2,17,19). The van der Waals surface area contributed by atoms with Gasteiger partial charge in [-0.2, -0.15) is 11.8 Å². The zero-order chi connectivity index (χ0) is 15.3. The number of oxime groups is 1. The summed E-state index contributed by atoms with van der Waals surface area (Å²) in [6, 6.07) is 4.94. The Balaban J connectivity index is 2.00. The van der Waals surface area contributed by atoms with Crippen molar-refractivity contribution in [1.29, 1.82) is 0 Å². The van der Waals surface area contributed by atoms with Gasteiger partial charge in [-0.15, -0.1) is 0 Å². The van der Waals surface area contributed by atoms with Crippen LogP contribution < -0.4 is 11.1 Å². The fourth-order valence-corrected chi connectivity index (χ4v) is 3.81. The highest BCUT2D eigenvalue weighted by atomic mass is 32.2. The van der Waals surface area contributed by atoms with Gasteiger partial charge in [-0.1, -0.05) is 30.1 Å². The molecule has 1 aromatic rings. The van der Waals surface area contributed by atoms with Gasteiger partial charge in [0.05, 0.1) is 5.56 Å². The molecule has 6 heteroatoms. The van der Waals surface area contributed by atoms with Crippen LogP contribution in [0.25, 0.3) is 0 Å². The lowest BCUT2D eigenvalue weighted by Crippen LogP contribution is -2.35. The lowest BCUT2D eigenvalue weighted by atomic mass is 10.1. The number of nitrogens with zero attached hydrogens (tertiary/aromatic N) is 1. The number of nitrogens with two attached hydrogens (primary N) is 1. The summed E-state index contributed by atoms with van der Waals surface area (Å²) in [6.45, 7) is 1.32. The highest BCUT2D eigenvalue weighted by Gasteiger charge is 2.32. The minimum atomic E-state index is -0.426. The number of nitrogens with one attached hydrogen (secondary N) is 1. The molecule has 2 rings (SSSR count). The number of hydrogen-bond acceptors (Lipinski definition) is 4. The first-order chi connectivity index (χ1) is 10.1. The molecular formula is C15H22FN3OS. The maximum atomic E-state index is 14.3. The Morgan fingerprint density at radius 3 is 2.81 bits per heavy atom. The zero-order valence-electron chi connectivity index (χ0n) is 12.2. The molecule has 1 aliphatic carbocycles. The van der Waals surface area contributed by atoms with Crippen LogP contribution in [0, 0.1) is 5.82 Å². The quantitative estimate of drug-likeness (QED) is 0.327. The molecule has 1 fully saturated rings. The Hall–Kier alpha value is -1.27. The molecule has 0 saturated heterocycles. The van der Waals surface area contributed by atoms with Gasteiger partial charge in [0.1, 0.15) is 5.82 Å². The van der Waals surface area contributed by atoms with Crippen molar-refractivity contribution in [3.63, 3.8) is 0 Å². The van der Waals surface area contributed by atoms with Crippen LogP contribution in [-0.2, 0) is 6.54 Å². The first-order valence-corrected chi connectivity index (χ1v) is 8.35. The Morgan fingerprint density at radius 2 is 2.19 bits per heavy atom. The second kappa shape index (κ2) is 7.13. The molecule has 0 amide bonds. The molecule has 0 aliphatic heterocycles. The van der Waals surface area contributed by atoms with Crippen molar-refractivity contribution in [2.75, 3.05) is 12.8 Å². The molecule has 1 saturated carbocycles. The molecule has 0 atom stereocenters. The van der Waals surface area contributed by atoms with Gasteiger partial charge >= 0.3 is 0 Å². The number of benzene rings is 1. The highest BCUT2D eigenvalue weighted by Crippen LogP contribution is 2.39. The number of amidine groups is 1. The first kappa shape index (κ1) is 16.1. The van der Waals surface area contributed by atoms with Gasteiger partial charge in [-0.05, 0) is 25.2 Å². The molecule has 116 valence electrons. The average Bonchev–Trinajstić information content (AvgIpc) is 2.97. The van der Waals surface area contributed by atoms with E-state index in [1.165, 1.54) is 31.7 Å². The van der Waals surface area contributed by atoms with E-state index < -0.39 is 5.82 Å². The third kappa shape index (κ3) is 3.68. The van der Waals surface area contributed by atoms with Gasteiger partial charge in [0.15, 0.2) is 5.84 Å². The summed E-state index contributed by atoms with van der Waals surface area (Å²) in [5, 5.41) is 14.9. The number of halogens is 1. The van der Waals surface area contributed by atoms with Crippen LogP contribution in [0.5, 0.6) is 0 Å². The van der Waals surface area contributed by atoms with E-state index in [9.17, 15) is 4.39 Å². The van der Waals surface area contributed by atoms with Gasteiger partial charge in [0.2, 0.25) is 0 Å². The summed E-state index contributed by atoms with van der Waals surface area (Å²) in [6.07, 6.45) is 7.12. The van der Waals surface area contributed by atoms with Gasteiger partial charge < -0.3 is 16.3 Å². The minimum Gasteiger partial charge on any atom is -0.409 e. The predicted molar refractivity (Wildman–Crippen MR) is 85.3 cm³/mol. The minimum absolute atomic E-state index is 0.136. The molecule has 0 heterocycles. The van der Waals surface area contributed by atoms with Crippen LogP contribution >= 0.6 is 11.8 Å². The summed E-state index contributed by atoms with van der Waals surface area (Å²) in [5.41, 5.74) is 6.14. The second-order valence-electron chi connectivity index (χ2n) is 5.46. The van der Waals surface area contributed by atoms with Crippen LogP contribution in [0.4, 0.5) is 4.39 Å². The van der Waals surface area contributed by atoms with Crippen LogP contribution in [0.2, 0.25) is 0 Å². The van der Waals surface area contributed by atoms with Crippen molar-refractivity contribution in [2.24, 2.45) is 10.9 Å². The Bertz CT molecular complexity index is 516. The lowest BCUT2D eigenvalue weighted by molar-refractivity contribution is 0.318. The number of rotatable bonds is 6. The molecule has 1 aromatic carbocycles. The maximum absolute atomic E-state index is 14.3. The highest BCUT2D eigenvalue weighted by molar-refractivity contribution is 8.00. The molecule has 0 aromatic heterocycles. The third-order valence-corrected chi connectivity index (χ3v) is 5.59. The van der Waals surface area contributed by atoms with E-state index in [1.807, 2.05) is 11.8 Å². The maximum Gasteiger partial charge on any atom is 0.173 e. The van der Waals surface area contributed by atoms with Crippen molar-refractivity contribution in [3.8, 4) is 0 Å². The predicted octanol–water partition coefficient (Wildman–Crippen LogP) is 2.69. The molecule has 0 bridgehead atoms. The van der Waals surface area contributed by atoms with Gasteiger partial charge in [-0.3, -0.25) is 0 Å². The Kier molecular flexibility index (Phi) is 5.47. The van der Waals surface area contributed by atoms with Crippen molar-refractivity contribution < 1.29 is 9.60 Å². The smallest absolute Gasteiger partial charge is 0.173 e. The van der Waals surface area contributed by atoms with Crippen molar-refractivity contribution in [1.82, 2.24) is 5.32 Å². The van der Waals surface area contributed by atoms with Crippen LogP contribution in [-0.4, -0.2) is 28.6 Å². The fourth-order valence-electron chi connectivity index (χ4n) is 2.87. The molecule has 4 nitrogen and oxygen atoms in total. The SMILES string of the molecule is CSC1(CNCc2cccc(/C(N)=N/O)c2F)CCCC1. The van der Waals surface area contributed by atoms with Gasteiger partial charge in [0.25, 0.3) is 0 Å². The molecule has 21 heavy (non-hydrogen) atoms. The third-order valence-electron chi connectivity index (χ3n) is 4.17. The number of hydrogen-bond donors (Lipinski definition) is 3. The monoisotopic (exact) mass is 311 g/mol. The number of thioether (sulfide) groups is 1. The topological polar surface area (TPSA) is 70.6 Å². The second-order valence-corrected chi connectivity index (χ2v) is 6.74. The summed E-state index contributed by atoms with van der Waals surface area (Å²) in [5.74, 6) is -0.629. The fraction of sp³-hybridized carbons (Fsp3) is 0.533. The molecule has 0 radical (unpaired) electrons. The van der Waals surface area contributed by atoms with E-state index in [-0.39, 0.29) is 11.4 Å². The molecule has 1 aliphatic rings. The molecule has 4 N–H and O–H groups in total. The van der Waals surface area contributed by atoms with Gasteiger partial charge in [-0.25, -0.2) is 4.39 Å². The summed E-state index contributed by atoms with van der Waals surface area (Å²) in [7, 11) is 0. The molecule has 0 spiro atoms. The Labute approximate surface area is 129 Å². The molecular weight excluding hydrogens is 289 g/mol. The summed E-state index contributed by atoms with van der Waals surface area (Å²) in [4.78, 5) is 0. The van der Waals surface area contributed by atoms with Crippen LogP contribution in [0.3, 0.4) is 0 Å². The van der Waals surface area contributed by atoms with E-state index in [4.69, 9.17) is 10.9 Å². The van der Waals surface area contributed by atoms with E-state index in [0.717, 1.165) is 6.54 Å². The van der Waals surface area contributed by atoms with Gasteiger partial charge in [0, 0.05) is 23.4 Å². The van der Waals surface area contributed by atoms with E-state index in [0.29, 0.717) is 16.9 Å². The molecule has 0 unspecified atom stereocenters. The average molecular weight is 311 g/mol. The zero-order valence-corrected chi connectivity index (χ0v) is 13.0. The Morgan fingerprint density at radius 1 is 1.48 bits per heavy atom. The van der Waals surface area contributed by atoms with Crippen molar-refractivity contribution in [2.45, 2.75) is 37.0 Å². The first-order valence-electron chi connectivity index (χ1n) is 7.13. The van der Waals surface area contributed by atoms with E-state index in [2.05, 4.69) is 16.7 Å². The van der Waals surface area contributed by atoms with E-state index in [1.54, 1.807) is 12.1 Å². The lowest BCUT2D eigenvalue weighted by Gasteiger charge is -2.27. The summed E-state index contributed by atoms with van der Waals surface area (Å²) >= 11 is 1.90. The normalized spacial score (nSPS) is 18.1. The van der Waals surface area contributed by atoms with Crippen LogP contribution in [0.15, 0.2) is 23.4 Å². The van der Waals surface area contributed by atoms with Crippen molar-refractivity contribution >= 4 is 17.6 Å². The summed E-state index contributed by atoms with van der Waals surface area (Å²) < 4.78 is 14.6. The van der Waals surface area contributed by atoms with Crippen LogP contribution in [0.1, 0.15) is 36.8 Å². The van der Waals surface area contributed by atoms with E-state index >= 15 is 0 Å².